The molecule has 0 radical (unpaired) electrons. The molecule has 0 bridgehead atoms. The van der Waals surface area contributed by atoms with E-state index >= 15 is 4.39 Å². The highest BCUT2D eigenvalue weighted by Gasteiger charge is 2.32. The summed E-state index contributed by atoms with van der Waals surface area (Å²) in [5, 5.41) is 2.98. The molecular formula is C28H30F3N5O. The van der Waals surface area contributed by atoms with Crippen molar-refractivity contribution < 1.29 is 17.9 Å². The van der Waals surface area contributed by atoms with Crippen molar-refractivity contribution in [2.45, 2.75) is 44.1 Å². The SMILES string of the molecule is CN1CCC(c2ccc(Nc3ncc(F)c(-c4cc(F)c5c(c4)N(C4CCC4)CCO5)n3)cc2F)CC1. The summed E-state index contributed by atoms with van der Waals surface area (Å²) in [4.78, 5) is 12.8. The van der Waals surface area contributed by atoms with Crippen molar-refractivity contribution >= 4 is 17.3 Å². The average Bonchev–Trinajstić information content (AvgIpc) is 2.85. The number of nitrogens with zero attached hydrogens (tertiary/aromatic N) is 4. The molecule has 2 aromatic carbocycles. The minimum absolute atomic E-state index is 0.0262. The van der Waals surface area contributed by atoms with Crippen molar-refractivity contribution in [3.63, 3.8) is 0 Å². The molecule has 1 saturated heterocycles. The number of aromatic nitrogens is 2. The number of hydrogen-bond donors (Lipinski definition) is 1. The number of hydrogen-bond acceptors (Lipinski definition) is 6. The van der Waals surface area contributed by atoms with Gasteiger partial charge in [0.05, 0.1) is 18.4 Å². The predicted molar refractivity (Wildman–Crippen MR) is 137 cm³/mol. The van der Waals surface area contributed by atoms with Crippen molar-refractivity contribution in [3.8, 4) is 17.0 Å². The summed E-state index contributed by atoms with van der Waals surface area (Å²) >= 11 is 0. The van der Waals surface area contributed by atoms with Gasteiger partial charge in [-0.25, -0.2) is 23.1 Å². The van der Waals surface area contributed by atoms with Crippen molar-refractivity contribution in [2.24, 2.45) is 0 Å². The van der Waals surface area contributed by atoms with Crippen LogP contribution in [0.3, 0.4) is 0 Å². The monoisotopic (exact) mass is 509 g/mol. The quantitative estimate of drug-likeness (QED) is 0.465. The van der Waals surface area contributed by atoms with Gasteiger partial charge in [0.15, 0.2) is 17.4 Å². The largest absolute Gasteiger partial charge is 0.486 e. The molecular weight excluding hydrogens is 479 g/mol. The number of benzene rings is 2. The highest BCUT2D eigenvalue weighted by atomic mass is 19.1. The molecule has 0 amide bonds. The van der Waals surface area contributed by atoms with E-state index < -0.39 is 11.6 Å². The molecule has 2 aliphatic heterocycles. The summed E-state index contributed by atoms with van der Waals surface area (Å²) < 4.78 is 50.5. The fourth-order valence-electron chi connectivity index (χ4n) is 5.53. The van der Waals surface area contributed by atoms with Crippen molar-refractivity contribution in [1.29, 1.82) is 0 Å². The van der Waals surface area contributed by atoms with Gasteiger partial charge in [0.25, 0.3) is 0 Å². The third-order valence-electron chi connectivity index (χ3n) is 7.86. The van der Waals surface area contributed by atoms with Crippen LogP contribution in [0.2, 0.25) is 0 Å². The number of fused-ring (bicyclic) bond motifs is 1. The number of ether oxygens (including phenoxy) is 1. The van der Waals surface area contributed by atoms with E-state index in [2.05, 4.69) is 32.1 Å². The first kappa shape index (κ1) is 24.0. The molecule has 1 aliphatic carbocycles. The van der Waals surface area contributed by atoms with Gasteiger partial charge >= 0.3 is 0 Å². The first-order valence-corrected chi connectivity index (χ1v) is 13.0. The van der Waals surface area contributed by atoms with Crippen LogP contribution in [0.5, 0.6) is 5.75 Å². The van der Waals surface area contributed by atoms with Gasteiger partial charge in [-0.2, -0.15) is 0 Å². The molecule has 1 N–H and O–H groups in total. The summed E-state index contributed by atoms with van der Waals surface area (Å²) in [7, 11) is 2.08. The summed E-state index contributed by atoms with van der Waals surface area (Å²) in [6.07, 6.45) is 6.14. The molecule has 3 aromatic rings. The van der Waals surface area contributed by atoms with Crippen LogP contribution in [-0.4, -0.2) is 54.2 Å². The van der Waals surface area contributed by atoms with Gasteiger partial charge in [-0.05, 0) is 88.0 Å². The maximum atomic E-state index is 15.0. The zero-order valence-electron chi connectivity index (χ0n) is 20.8. The molecule has 3 aliphatic rings. The van der Waals surface area contributed by atoms with Crippen molar-refractivity contribution in [1.82, 2.24) is 14.9 Å². The lowest BCUT2D eigenvalue weighted by molar-refractivity contribution is 0.253. The molecule has 3 heterocycles. The third-order valence-corrected chi connectivity index (χ3v) is 7.86. The number of anilines is 3. The molecule has 0 spiro atoms. The normalized spacial score (nSPS) is 18.8. The van der Waals surface area contributed by atoms with Crippen molar-refractivity contribution in [3.05, 3.63) is 59.5 Å². The van der Waals surface area contributed by atoms with Gasteiger partial charge in [-0.1, -0.05) is 6.07 Å². The Morgan fingerprint density at radius 2 is 1.76 bits per heavy atom. The second-order valence-electron chi connectivity index (χ2n) is 10.3. The summed E-state index contributed by atoms with van der Waals surface area (Å²) in [5.41, 5.74) is 2.08. The lowest BCUT2D eigenvalue weighted by Crippen LogP contribution is -2.44. The first-order chi connectivity index (χ1) is 18.0. The van der Waals surface area contributed by atoms with E-state index in [-0.39, 0.29) is 29.1 Å². The zero-order chi connectivity index (χ0) is 25.5. The molecule has 1 saturated carbocycles. The van der Waals surface area contributed by atoms with Crippen LogP contribution in [0.1, 0.15) is 43.6 Å². The van der Waals surface area contributed by atoms with Crippen LogP contribution >= 0.6 is 0 Å². The second kappa shape index (κ2) is 9.85. The van der Waals surface area contributed by atoms with Gasteiger partial charge < -0.3 is 19.9 Å². The highest BCUT2D eigenvalue weighted by molar-refractivity contribution is 5.73. The van der Waals surface area contributed by atoms with Gasteiger partial charge in [0, 0.05) is 17.3 Å². The fourth-order valence-corrected chi connectivity index (χ4v) is 5.53. The Bertz CT molecular complexity index is 1310. The Morgan fingerprint density at radius 3 is 2.49 bits per heavy atom. The number of halogens is 3. The minimum Gasteiger partial charge on any atom is -0.486 e. The number of nitrogens with one attached hydrogen (secondary N) is 1. The van der Waals surface area contributed by atoms with Gasteiger partial charge in [0.2, 0.25) is 5.95 Å². The predicted octanol–water partition coefficient (Wildman–Crippen LogP) is 5.87. The standard InChI is InChI=1S/C28H30F3N5O/c1-35-9-7-17(8-10-35)21-6-5-19(15-22(21)29)33-28-32-16-24(31)26(34-28)18-13-23(30)27-25(14-18)36(11-12-37-27)20-3-2-4-20/h5-6,13-17,20H,2-4,7-12H2,1H3,(H,32,33,34). The Balaban J connectivity index is 1.26. The maximum absolute atomic E-state index is 15.0. The Labute approximate surface area is 214 Å². The summed E-state index contributed by atoms with van der Waals surface area (Å²) in [6, 6.07) is 8.33. The Kier molecular flexibility index (Phi) is 6.40. The van der Waals surface area contributed by atoms with Gasteiger partial charge in [-0.15, -0.1) is 0 Å². The topological polar surface area (TPSA) is 53.5 Å². The number of piperidine rings is 1. The highest BCUT2D eigenvalue weighted by Crippen LogP contribution is 2.42. The molecule has 0 unspecified atom stereocenters. The van der Waals surface area contributed by atoms with E-state index in [4.69, 9.17) is 4.74 Å². The van der Waals surface area contributed by atoms with E-state index in [0.717, 1.165) is 51.4 Å². The zero-order valence-corrected chi connectivity index (χ0v) is 20.8. The molecule has 0 atom stereocenters. The average molecular weight is 510 g/mol. The minimum atomic E-state index is -0.666. The van der Waals surface area contributed by atoms with Crippen molar-refractivity contribution in [2.75, 3.05) is 43.5 Å². The molecule has 1 aromatic heterocycles. The summed E-state index contributed by atoms with van der Waals surface area (Å²) in [5.74, 6) is -0.991. The fraction of sp³-hybridized carbons (Fsp3) is 0.429. The summed E-state index contributed by atoms with van der Waals surface area (Å²) in [6.45, 7) is 2.98. The molecule has 9 heteroatoms. The van der Waals surface area contributed by atoms with E-state index in [9.17, 15) is 8.78 Å². The molecule has 6 nitrogen and oxygen atoms in total. The van der Waals surface area contributed by atoms with E-state index in [1.54, 1.807) is 18.2 Å². The number of likely N-dealkylation sites (tertiary alicyclic amines) is 1. The van der Waals surface area contributed by atoms with Crippen LogP contribution in [0.15, 0.2) is 36.5 Å². The van der Waals surface area contributed by atoms with Crippen LogP contribution in [-0.2, 0) is 0 Å². The van der Waals surface area contributed by atoms with Gasteiger partial charge in [0.1, 0.15) is 18.1 Å². The van der Waals surface area contributed by atoms with Gasteiger partial charge in [-0.3, -0.25) is 0 Å². The van der Waals surface area contributed by atoms with Crippen LogP contribution < -0.4 is 15.0 Å². The Hall–Kier alpha value is -3.33. The van der Waals surface area contributed by atoms with E-state index in [1.165, 1.54) is 12.1 Å². The number of rotatable bonds is 5. The molecule has 194 valence electrons. The lowest BCUT2D eigenvalue weighted by atomic mass is 9.89. The van der Waals surface area contributed by atoms with Crippen LogP contribution in [0, 0.1) is 17.5 Å². The first-order valence-electron chi connectivity index (χ1n) is 13.0. The molecule has 2 fully saturated rings. The lowest BCUT2D eigenvalue weighted by Gasteiger charge is -2.42. The van der Waals surface area contributed by atoms with E-state index in [1.807, 2.05) is 0 Å². The second-order valence-corrected chi connectivity index (χ2v) is 10.3. The molecule has 6 rings (SSSR count). The van der Waals surface area contributed by atoms with E-state index in [0.29, 0.717) is 41.7 Å². The van der Waals surface area contributed by atoms with Crippen LogP contribution in [0.4, 0.5) is 30.5 Å². The van der Waals surface area contributed by atoms with Crippen LogP contribution in [0.25, 0.3) is 11.3 Å². The third kappa shape index (κ3) is 4.72. The molecule has 37 heavy (non-hydrogen) atoms. The Morgan fingerprint density at radius 1 is 0.946 bits per heavy atom. The maximum Gasteiger partial charge on any atom is 0.227 e. The smallest absolute Gasteiger partial charge is 0.227 e.